The molecule has 1 aliphatic rings. The van der Waals surface area contributed by atoms with Crippen LogP contribution in [-0.4, -0.2) is 38.5 Å². The zero-order chi connectivity index (χ0) is 22.0. The van der Waals surface area contributed by atoms with Crippen LogP contribution in [0.1, 0.15) is 5.56 Å². The van der Waals surface area contributed by atoms with Gasteiger partial charge in [-0.1, -0.05) is 17.7 Å². The van der Waals surface area contributed by atoms with Crippen LogP contribution in [-0.2, 0) is 9.59 Å². The lowest BCUT2D eigenvalue weighted by molar-refractivity contribution is -0.385. The molecule has 0 radical (unpaired) electrons. The van der Waals surface area contributed by atoms with Gasteiger partial charge in [0.1, 0.15) is 6.54 Å². The van der Waals surface area contributed by atoms with E-state index in [0.29, 0.717) is 26.9 Å². The van der Waals surface area contributed by atoms with Gasteiger partial charge in [0.2, 0.25) is 5.91 Å². The molecule has 0 aliphatic carbocycles. The van der Waals surface area contributed by atoms with E-state index in [1.807, 2.05) is 0 Å². The molecule has 0 unspecified atom stereocenters. The van der Waals surface area contributed by atoms with E-state index in [9.17, 15) is 29.6 Å². The molecule has 9 nitrogen and oxygen atoms in total. The van der Waals surface area contributed by atoms with Crippen LogP contribution in [0.3, 0.4) is 0 Å². The van der Waals surface area contributed by atoms with Gasteiger partial charge in [-0.05, 0) is 63.6 Å². The van der Waals surface area contributed by atoms with Crippen LogP contribution in [0.25, 0.3) is 6.08 Å². The fraction of sp³-hybridized carbons (Fsp3) is 0.0556. The SMILES string of the molecule is O=C(CN1C(=O)S/C(=C/c2ccc(O)c([N+](=O)[O-])c2)C1=O)Nc1ccc(Br)c(Cl)c1. The summed E-state index contributed by atoms with van der Waals surface area (Å²) in [6.07, 6.45) is 1.28. The molecule has 1 heterocycles. The second kappa shape index (κ2) is 8.86. The zero-order valence-electron chi connectivity index (χ0n) is 14.8. The number of thioether (sulfide) groups is 1. The first kappa shape index (κ1) is 21.8. The summed E-state index contributed by atoms with van der Waals surface area (Å²) < 4.78 is 0.646. The number of nitrogens with one attached hydrogen (secondary N) is 1. The summed E-state index contributed by atoms with van der Waals surface area (Å²) in [5.74, 6) is -1.82. The lowest BCUT2D eigenvalue weighted by Gasteiger charge is -2.12. The molecule has 0 aromatic heterocycles. The molecular weight excluding hydrogens is 502 g/mol. The van der Waals surface area contributed by atoms with Gasteiger partial charge in [-0.15, -0.1) is 0 Å². The molecule has 3 amide bonds. The summed E-state index contributed by atoms with van der Waals surface area (Å²) in [5.41, 5.74) is 0.113. The Morgan fingerprint density at radius 1 is 1.30 bits per heavy atom. The highest BCUT2D eigenvalue weighted by Gasteiger charge is 2.36. The third kappa shape index (κ3) is 4.81. The maximum atomic E-state index is 12.5. The Bertz CT molecular complexity index is 1120. The fourth-order valence-corrected chi connectivity index (χ4v) is 3.75. The minimum atomic E-state index is -0.767. The van der Waals surface area contributed by atoms with Crippen molar-refractivity contribution in [1.82, 2.24) is 4.90 Å². The smallest absolute Gasteiger partial charge is 0.311 e. The quantitative estimate of drug-likeness (QED) is 0.345. The largest absolute Gasteiger partial charge is 0.502 e. The second-order valence-electron chi connectivity index (χ2n) is 5.95. The summed E-state index contributed by atoms with van der Waals surface area (Å²) in [7, 11) is 0. The van der Waals surface area contributed by atoms with Gasteiger partial charge in [0, 0.05) is 16.2 Å². The normalized spacial score (nSPS) is 15.0. The third-order valence-electron chi connectivity index (χ3n) is 3.87. The number of carbonyl (C=O) groups is 3. The number of amides is 3. The van der Waals surface area contributed by atoms with Crippen LogP contribution in [0.2, 0.25) is 5.02 Å². The number of nitro benzene ring substituents is 1. The average Bonchev–Trinajstić information content (AvgIpc) is 2.93. The molecule has 154 valence electrons. The minimum Gasteiger partial charge on any atom is -0.502 e. The van der Waals surface area contributed by atoms with E-state index >= 15 is 0 Å². The number of hydrogen-bond donors (Lipinski definition) is 2. The third-order valence-corrected chi connectivity index (χ3v) is 6.01. The molecule has 0 bridgehead atoms. The summed E-state index contributed by atoms with van der Waals surface area (Å²) in [6, 6.07) is 8.30. The standard InChI is InChI=1S/C18H11BrClN3O6S/c19-11-3-2-10(7-12(11)20)21-16(25)8-22-17(26)15(30-18(22)27)6-9-1-4-14(24)13(5-9)23(28)29/h1-7,24H,8H2,(H,21,25)/b15-6+. The van der Waals surface area contributed by atoms with Crippen molar-refractivity contribution in [2.24, 2.45) is 0 Å². The van der Waals surface area contributed by atoms with Crippen molar-refractivity contribution in [2.75, 3.05) is 11.9 Å². The summed E-state index contributed by atoms with van der Waals surface area (Å²) in [5, 5.41) is 22.7. The Kier molecular flexibility index (Phi) is 6.44. The average molecular weight is 513 g/mol. The van der Waals surface area contributed by atoms with E-state index in [2.05, 4.69) is 21.2 Å². The molecule has 1 fully saturated rings. The van der Waals surface area contributed by atoms with E-state index in [1.54, 1.807) is 12.1 Å². The molecule has 3 rings (SSSR count). The molecule has 2 N–H and O–H groups in total. The Balaban J connectivity index is 1.73. The summed E-state index contributed by atoms with van der Waals surface area (Å²) >= 11 is 9.80. The number of halogens is 2. The van der Waals surface area contributed by atoms with Crippen molar-refractivity contribution in [3.8, 4) is 5.75 Å². The molecule has 2 aromatic carbocycles. The molecule has 0 saturated carbocycles. The first-order chi connectivity index (χ1) is 14.2. The summed E-state index contributed by atoms with van der Waals surface area (Å²) in [6.45, 7) is -0.509. The van der Waals surface area contributed by atoms with Crippen molar-refractivity contribution in [3.05, 3.63) is 66.5 Å². The van der Waals surface area contributed by atoms with E-state index < -0.39 is 40.0 Å². The number of rotatable bonds is 5. The molecule has 1 aliphatic heterocycles. The molecule has 0 atom stereocenters. The molecule has 2 aromatic rings. The number of phenolic OH excluding ortho intramolecular Hbond substituents is 1. The van der Waals surface area contributed by atoms with Crippen molar-refractivity contribution in [2.45, 2.75) is 0 Å². The van der Waals surface area contributed by atoms with Crippen LogP contribution >= 0.6 is 39.3 Å². The Hall–Kier alpha value is -2.89. The van der Waals surface area contributed by atoms with Crippen LogP contribution in [0.15, 0.2) is 45.8 Å². The fourth-order valence-electron chi connectivity index (χ4n) is 2.48. The van der Waals surface area contributed by atoms with Crippen molar-refractivity contribution in [3.63, 3.8) is 0 Å². The predicted octanol–water partition coefficient (Wildman–Crippen LogP) is 4.39. The van der Waals surface area contributed by atoms with Crippen molar-refractivity contribution < 1.29 is 24.4 Å². The van der Waals surface area contributed by atoms with Crippen LogP contribution in [0, 0.1) is 10.1 Å². The molecule has 1 saturated heterocycles. The first-order valence-corrected chi connectivity index (χ1v) is 10.1. The van der Waals surface area contributed by atoms with Gasteiger partial charge in [-0.3, -0.25) is 29.4 Å². The van der Waals surface area contributed by atoms with E-state index in [4.69, 9.17) is 11.6 Å². The first-order valence-electron chi connectivity index (χ1n) is 8.13. The molecule has 30 heavy (non-hydrogen) atoms. The molecule has 0 spiro atoms. The van der Waals surface area contributed by atoms with Crippen molar-refractivity contribution >= 4 is 73.8 Å². The number of imide groups is 1. The minimum absolute atomic E-state index is 0.000487. The monoisotopic (exact) mass is 511 g/mol. The van der Waals surface area contributed by atoms with Gasteiger partial charge in [0.15, 0.2) is 5.75 Å². The van der Waals surface area contributed by atoms with E-state index in [-0.39, 0.29) is 10.5 Å². The van der Waals surface area contributed by atoms with Gasteiger partial charge < -0.3 is 10.4 Å². The van der Waals surface area contributed by atoms with Gasteiger partial charge in [-0.2, -0.15) is 0 Å². The van der Waals surface area contributed by atoms with Gasteiger partial charge in [-0.25, -0.2) is 0 Å². The number of nitro groups is 1. The Morgan fingerprint density at radius 3 is 2.70 bits per heavy atom. The van der Waals surface area contributed by atoms with Crippen LogP contribution in [0.4, 0.5) is 16.2 Å². The van der Waals surface area contributed by atoms with Gasteiger partial charge in [0.25, 0.3) is 11.1 Å². The van der Waals surface area contributed by atoms with Crippen LogP contribution < -0.4 is 5.32 Å². The predicted molar refractivity (Wildman–Crippen MR) is 115 cm³/mol. The number of aromatic hydroxyl groups is 1. The maximum Gasteiger partial charge on any atom is 0.311 e. The highest BCUT2D eigenvalue weighted by molar-refractivity contribution is 9.10. The van der Waals surface area contributed by atoms with E-state index in [0.717, 1.165) is 17.0 Å². The number of carbonyl (C=O) groups excluding carboxylic acids is 3. The van der Waals surface area contributed by atoms with E-state index in [1.165, 1.54) is 18.2 Å². The number of nitrogens with zero attached hydrogens (tertiary/aromatic N) is 2. The number of benzene rings is 2. The van der Waals surface area contributed by atoms with Gasteiger partial charge >= 0.3 is 5.69 Å². The highest BCUT2D eigenvalue weighted by Crippen LogP contribution is 2.34. The highest BCUT2D eigenvalue weighted by atomic mass is 79.9. The van der Waals surface area contributed by atoms with Crippen molar-refractivity contribution in [1.29, 1.82) is 0 Å². The summed E-state index contributed by atoms with van der Waals surface area (Å²) in [4.78, 5) is 47.8. The lowest BCUT2D eigenvalue weighted by Crippen LogP contribution is -2.36. The Morgan fingerprint density at radius 2 is 2.03 bits per heavy atom. The maximum absolute atomic E-state index is 12.5. The zero-order valence-corrected chi connectivity index (χ0v) is 18.0. The number of phenols is 1. The Labute approximate surface area is 187 Å². The lowest BCUT2D eigenvalue weighted by atomic mass is 10.1. The number of hydrogen-bond acceptors (Lipinski definition) is 7. The van der Waals surface area contributed by atoms with Gasteiger partial charge in [0.05, 0.1) is 14.9 Å². The number of anilines is 1. The van der Waals surface area contributed by atoms with Crippen LogP contribution in [0.5, 0.6) is 5.75 Å². The topological polar surface area (TPSA) is 130 Å². The molecule has 12 heteroatoms. The molecular formula is C18H11BrClN3O6S. The second-order valence-corrected chi connectivity index (χ2v) is 8.20.